The van der Waals surface area contributed by atoms with Crippen molar-refractivity contribution in [3.8, 4) is 0 Å². The Morgan fingerprint density at radius 3 is 2.90 bits per heavy atom. The predicted octanol–water partition coefficient (Wildman–Crippen LogP) is 3.52. The number of fused-ring (bicyclic) bond motifs is 1. The molecule has 0 saturated heterocycles. The minimum absolute atomic E-state index is 0.129. The van der Waals surface area contributed by atoms with E-state index in [2.05, 4.69) is 21.2 Å². The monoisotopic (exact) mass is 372 g/mol. The summed E-state index contributed by atoms with van der Waals surface area (Å²) in [5.41, 5.74) is 1.53. The van der Waals surface area contributed by atoms with Gasteiger partial charge in [0.1, 0.15) is 4.21 Å². The molecule has 0 bridgehead atoms. The highest BCUT2D eigenvalue weighted by atomic mass is 79.9. The second-order valence-electron chi connectivity index (χ2n) is 4.62. The van der Waals surface area contributed by atoms with E-state index in [4.69, 9.17) is 0 Å². The Labute approximate surface area is 130 Å². The van der Waals surface area contributed by atoms with Crippen molar-refractivity contribution in [2.75, 3.05) is 16.2 Å². The molecule has 2 aromatic rings. The van der Waals surface area contributed by atoms with Crippen molar-refractivity contribution in [2.24, 2.45) is 0 Å². The molecule has 1 aromatic heterocycles. The minimum atomic E-state index is -3.50. The van der Waals surface area contributed by atoms with Gasteiger partial charge in [0.05, 0.1) is 17.4 Å². The maximum atomic E-state index is 12.8. The Balaban J connectivity index is 2.15. The van der Waals surface area contributed by atoms with Crippen LogP contribution in [0.1, 0.15) is 6.92 Å². The van der Waals surface area contributed by atoms with Crippen LogP contribution in [0.4, 0.5) is 11.4 Å². The normalized spacial score (nSPS) is 18.5. The summed E-state index contributed by atoms with van der Waals surface area (Å²) in [6.45, 7) is 2.50. The maximum Gasteiger partial charge on any atom is 0.274 e. The van der Waals surface area contributed by atoms with Crippen LogP contribution in [0, 0.1) is 0 Å². The van der Waals surface area contributed by atoms with Crippen LogP contribution in [0.2, 0.25) is 0 Å². The molecule has 106 valence electrons. The van der Waals surface area contributed by atoms with Gasteiger partial charge in [-0.2, -0.15) is 0 Å². The zero-order valence-corrected chi connectivity index (χ0v) is 13.9. The highest BCUT2D eigenvalue weighted by Crippen LogP contribution is 2.38. The molecule has 20 heavy (non-hydrogen) atoms. The maximum absolute atomic E-state index is 12.8. The van der Waals surface area contributed by atoms with Gasteiger partial charge in [-0.3, -0.25) is 4.31 Å². The van der Waals surface area contributed by atoms with Gasteiger partial charge in [-0.15, -0.1) is 11.3 Å². The van der Waals surface area contributed by atoms with Gasteiger partial charge in [-0.25, -0.2) is 8.42 Å². The number of benzene rings is 1. The van der Waals surface area contributed by atoms with Crippen LogP contribution in [0.5, 0.6) is 0 Å². The highest BCUT2D eigenvalue weighted by Gasteiger charge is 2.34. The van der Waals surface area contributed by atoms with Gasteiger partial charge in [-0.05, 0) is 36.6 Å². The first-order valence-corrected chi connectivity index (χ1v) is 9.23. The van der Waals surface area contributed by atoms with Crippen LogP contribution in [-0.4, -0.2) is 21.0 Å². The Bertz CT molecular complexity index is 729. The van der Waals surface area contributed by atoms with E-state index in [0.717, 1.165) is 10.2 Å². The van der Waals surface area contributed by atoms with E-state index in [1.165, 1.54) is 15.6 Å². The molecule has 3 rings (SSSR count). The third-order valence-corrected chi connectivity index (χ3v) is 6.99. The van der Waals surface area contributed by atoms with Crippen molar-refractivity contribution in [1.82, 2.24) is 0 Å². The van der Waals surface area contributed by atoms with Gasteiger partial charge in [0, 0.05) is 11.0 Å². The molecular formula is C13H13BrN2O2S2. The summed E-state index contributed by atoms with van der Waals surface area (Å²) >= 11 is 4.65. The average molecular weight is 373 g/mol. The fourth-order valence-corrected chi connectivity index (χ4v) is 5.41. The van der Waals surface area contributed by atoms with E-state index >= 15 is 0 Å². The standard InChI is InChI=1S/C13H13BrN2O2S2/c1-9-8-15-11-7-10(14)4-5-12(11)16(9)20(17,18)13-3-2-6-19-13/h2-7,9,15H,8H2,1H3/t9-/m1/s1. The number of rotatable bonds is 2. The number of hydrogen-bond acceptors (Lipinski definition) is 4. The zero-order chi connectivity index (χ0) is 14.3. The summed E-state index contributed by atoms with van der Waals surface area (Å²) < 4.78 is 28.4. The molecule has 1 atom stereocenters. The molecule has 0 aliphatic carbocycles. The molecule has 0 unspecified atom stereocenters. The number of anilines is 2. The molecule has 1 N–H and O–H groups in total. The van der Waals surface area contributed by atoms with E-state index < -0.39 is 10.0 Å². The summed E-state index contributed by atoms with van der Waals surface area (Å²) in [7, 11) is -3.50. The summed E-state index contributed by atoms with van der Waals surface area (Å²) in [6, 6.07) is 8.86. The van der Waals surface area contributed by atoms with Crippen LogP contribution >= 0.6 is 27.3 Å². The zero-order valence-electron chi connectivity index (χ0n) is 10.7. The van der Waals surface area contributed by atoms with E-state index in [-0.39, 0.29) is 6.04 Å². The SMILES string of the molecule is C[C@@H]1CNc2cc(Br)ccc2N1S(=O)(=O)c1cccs1. The lowest BCUT2D eigenvalue weighted by atomic mass is 10.2. The van der Waals surface area contributed by atoms with Crippen LogP contribution in [0.3, 0.4) is 0 Å². The number of thiophene rings is 1. The van der Waals surface area contributed by atoms with Gasteiger partial charge in [0.15, 0.2) is 0 Å². The second kappa shape index (κ2) is 5.05. The molecule has 0 radical (unpaired) electrons. The van der Waals surface area contributed by atoms with Crippen LogP contribution in [0.15, 0.2) is 44.4 Å². The first-order chi connectivity index (χ1) is 9.50. The van der Waals surface area contributed by atoms with Crippen molar-refractivity contribution < 1.29 is 8.42 Å². The second-order valence-corrected chi connectivity index (χ2v) is 8.53. The first kappa shape index (κ1) is 13.9. The summed E-state index contributed by atoms with van der Waals surface area (Å²) in [5, 5.41) is 5.05. The summed E-state index contributed by atoms with van der Waals surface area (Å²) in [6.07, 6.45) is 0. The molecule has 2 heterocycles. The van der Waals surface area contributed by atoms with Crippen LogP contribution in [-0.2, 0) is 10.0 Å². The highest BCUT2D eigenvalue weighted by molar-refractivity contribution is 9.10. The Morgan fingerprint density at radius 2 is 2.20 bits per heavy atom. The quantitative estimate of drug-likeness (QED) is 0.876. The van der Waals surface area contributed by atoms with Crippen LogP contribution < -0.4 is 9.62 Å². The molecule has 0 saturated carbocycles. The topological polar surface area (TPSA) is 49.4 Å². The Kier molecular flexibility index (Phi) is 3.51. The molecule has 7 heteroatoms. The van der Waals surface area contributed by atoms with E-state index in [9.17, 15) is 8.42 Å². The van der Waals surface area contributed by atoms with Gasteiger partial charge in [-0.1, -0.05) is 22.0 Å². The van der Waals surface area contributed by atoms with Gasteiger partial charge < -0.3 is 5.32 Å². The minimum Gasteiger partial charge on any atom is -0.381 e. The summed E-state index contributed by atoms with van der Waals surface area (Å²) in [4.78, 5) is 0. The van der Waals surface area contributed by atoms with Crippen molar-refractivity contribution in [2.45, 2.75) is 17.2 Å². The number of nitrogens with zero attached hydrogens (tertiary/aromatic N) is 1. The van der Waals surface area contributed by atoms with Gasteiger partial charge in [0.25, 0.3) is 10.0 Å². The van der Waals surface area contributed by atoms with E-state index in [1.54, 1.807) is 17.5 Å². The molecule has 0 amide bonds. The lowest BCUT2D eigenvalue weighted by Gasteiger charge is -2.36. The largest absolute Gasteiger partial charge is 0.381 e. The van der Waals surface area contributed by atoms with Crippen molar-refractivity contribution in [3.63, 3.8) is 0 Å². The number of halogens is 1. The molecule has 1 aromatic carbocycles. The molecule has 4 nitrogen and oxygen atoms in total. The molecule has 1 aliphatic rings. The molecule has 1 aliphatic heterocycles. The lowest BCUT2D eigenvalue weighted by molar-refractivity contribution is 0.582. The average Bonchev–Trinajstić information content (AvgIpc) is 2.93. The van der Waals surface area contributed by atoms with E-state index in [0.29, 0.717) is 16.4 Å². The Hall–Kier alpha value is -1.05. The fraction of sp³-hybridized carbons (Fsp3) is 0.231. The fourth-order valence-electron chi connectivity index (χ4n) is 2.29. The molecular weight excluding hydrogens is 360 g/mol. The molecule has 0 spiro atoms. The molecule has 0 fully saturated rings. The smallest absolute Gasteiger partial charge is 0.274 e. The first-order valence-electron chi connectivity index (χ1n) is 6.11. The van der Waals surface area contributed by atoms with Gasteiger partial charge in [0.2, 0.25) is 0 Å². The third kappa shape index (κ3) is 2.23. The number of sulfonamides is 1. The van der Waals surface area contributed by atoms with Crippen molar-refractivity contribution >= 4 is 48.7 Å². The predicted molar refractivity (Wildman–Crippen MR) is 86.1 cm³/mol. The Morgan fingerprint density at radius 1 is 1.40 bits per heavy atom. The van der Waals surface area contributed by atoms with E-state index in [1.807, 2.05) is 25.1 Å². The summed E-state index contributed by atoms with van der Waals surface area (Å²) in [5.74, 6) is 0. The number of hydrogen-bond donors (Lipinski definition) is 1. The van der Waals surface area contributed by atoms with Gasteiger partial charge >= 0.3 is 0 Å². The lowest BCUT2D eigenvalue weighted by Crippen LogP contribution is -2.45. The third-order valence-electron chi connectivity index (χ3n) is 3.19. The van der Waals surface area contributed by atoms with Crippen molar-refractivity contribution in [3.05, 3.63) is 40.2 Å². The van der Waals surface area contributed by atoms with Crippen LogP contribution in [0.25, 0.3) is 0 Å². The van der Waals surface area contributed by atoms with Crippen molar-refractivity contribution in [1.29, 1.82) is 0 Å². The number of nitrogens with one attached hydrogen (secondary N) is 1.